The van der Waals surface area contributed by atoms with Crippen LogP contribution < -0.4 is 15.1 Å². The molecule has 9 heteroatoms. The molecule has 2 aliphatic heterocycles. The van der Waals surface area contributed by atoms with Crippen LogP contribution in [0.4, 0.5) is 11.4 Å². The Balaban J connectivity index is 1.29. The van der Waals surface area contributed by atoms with Gasteiger partial charge in [-0.3, -0.25) is 4.79 Å². The van der Waals surface area contributed by atoms with Crippen LogP contribution in [0.25, 0.3) is 0 Å². The minimum Gasteiger partial charge on any atom is -0.464 e. The van der Waals surface area contributed by atoms with Crippen molar-refractivity contribution in [2.75, 3.05) is 47.5 Å². The number of carbonyl (C=O) groups excluding carboxylic acids is 1. The topological polar surface area (TPSA) is 82.9 Å². The summed E-state index contributed by atoms with van der Waals surface area (Å²) in [7, 11) is -2.96. The zero-order chi connectivity index (χ0) is 28.8. The molecule has 1 atom stereocenters. The predicted octanol–water partition coefficient (Wildman–Crippen LogP) is 5.82. The normalized spacial score (nSPS) is 20.5. The van der Waals surface area contributed by atoms with Crippen LogP contribution in [0.2, 0.25) is 0 Å². The molecule has 3 aliphatic rings. The van der Waals surface area contributed by atoms with E-state index in [0.717, 1.165) is 58.7 Å². The number of nitrogens with zero attached hydrogens (tertiary/aromatic N) is 2. The van der Waals surface area contributed by atoms with E-state index in [2.05, 4.69) is 56.2 Å². The van der Waals surface area contributed by atoms with Crippen molar-refractivity contribution in [2.24, 2.45) is 0 Å². The van der Waals surface area contributed by atoms with Crippen molar-refractivity contribution in [2.45, 2.75) is 57.4 Å². The lowest BCUT2D eigenvalue weighted by atomic mass is 9.92. The number of rotatable bonds is 7. The van der Waals surface area contributed by atoms with E-state index in [1.54, 1.807) is 0 Å². The van der Waals surface area contributed by atoms with Crippen LogP contribution in [0.15, 0.2) is 57.4 Å². The molecule has 1 amide bonds. The SMILES string of the molecule is Cc1ccc(C(NC(=O)C2(c3ccc(N4CCS(=O)(=O)CC4)c(Br)c3)CC2)c2ccc(C)o2)c(N2CCCCC2)c1. The molecule has 0 radical (unpaired) electrons. The number of halogens is 1. The van der Waals surface area contributed by atoms with Gasteiger partial charge < -0.3 is 19.5 Å². The van der Waals surface area contributed by atoms with Crippen molar-refractivity contribution in [1.82, 2.24) is 5.32 Å². The van der Waals surface area contributed by atoms with Crippen LogP contribution in [-0.2, 0) is 20.0 Å². The highest BCUT2D eigenvalue weighted by atomic mass is 79.9. The van der Waals surface area contributed by atoms with Crippen molar-refractivity contribution < 1.29 is 17.6 Å². The zero-order valence-corrected chi connectivity index (χ0v) is 26.2. The molecule has 2 aromatic carbocycles. The Bertz CT molecular complexity index is 1540. The first kappa shape index (κ1) is 28.3. The summed E-state index contributed by atoms with van der Waals surface area (Å²) in [6.07, 6.45) is 5.16. The monoisotopic (exact) mass is 639 g/mol. The molecule has 3 heterocycles. The molecule has 2 saturated heterocycles. The lowest BCUT2D eigenvalue weighted by molar-refractivity contribution is -0.124. The maximum absolute atomic E-state index is 14.2. The largest absolute Gasteiger partial charge is 0.464 e. The first-order valence-electron chi connectivity index (χ1n) is 14.6. The van der Waals surface area contributed by atoms with E-state index in [-0.39, 0.29) is 17.4 Å². The molecule has 6 rings (SSSR count). The number of sulfone groups is 1. The molecule has 0 spiro atoms. The minimum absolute atomic E-state index is 0.00504. The van der Waals surface area contributed by atoms with E-state index in [1.807, 2.05) is 37.3 Å². The van der Waals surface area contributed by atoms with Gasteiger partial charge in [0.25, 0.3) is 0 Å². The van der Waals surface area contributed by atoms with Gasteiger partial charge in [0.2, 0.25) is 5.91 Å². The first-order valence-corrected chi connectivity index (χ1v) is 17.2. The molecule has 218 valence electrons. The molecule has 3 aromatic rings. The lowest BCUT2D eigenvalue weighted by Gasteiger charge is -2.33. The Morgan fingerprint density at radius 1 is 0.902 bits per heavy atom. The fourth-order valence-corrected chi connectivity index (χ4v) is 8.10. The highest BCUT2D eigenvalue weighted by molar-refractivity contribution is 9.10. The molecule has 1 N–H and O–H groups in total. The maximum atomic E-state index is 14.2. The summed E-state index contributed by atoms with van der Waals surface area (Å²) < 4.78 is 30.8. The van der Waals surface area contributed by atoms with Gasteiger partial charge in [0.1, 0.15) is 17.6 Å². The number of carbonyl (C=O) groups is 1. The number of benzene rings is 2. The quantitative estimate of drug-likeness (QED) is 0.351. The third-order valence-corrected chi connectivity index (χ3v) is 11.1. The van der Waals surface area contributed by atoms with Gasteiger partial charge in [-0.15, -0.1) is 0 Å². The molecule has 3 fully saturated rings. The van der Waals surface area contributed by atoms with Crippen LogP contribution in [-0.4, -0.2) is 52.0 Å². The summed E-state index contributed by atoms with van der Waals surface area (Å²) in [4.78, 5) is 18.7. The summed E-state index contributed by atoms with van der Waals surface area (Å²) in [6, 6.07) is 16.1. The van der Waals surface area contributed by atoms with Gasteiger partial charge in [-0.05, 0) is 103 Å². The second-order valence-electron chi connectivity index (χ2n) is 11.9. The Morgan fingerprint density at radius 3 is 2.24 bits per heavy atom. The molecule has 1 aromatic heterocycles. The van der Waals surface area contributed by atoms with Gasteiger partial charge >= 0.3 is 0 Å². The highest BCUT2D eigenvalue weighted by Crippen LogP contribution is 2.50. The van der Waals surface area contributed by atoms with E-state index < -0.39 is 21.3 Å². The summed E-state index contributed by atoms with van der Waals surface area (Å²) in [5.41, 5.74) is 4.78. The number of furan rings is 1. The van der Waals surface area contributed by atoms with E-state index in [0.29, 0.717) is 13.1 Å². The van der Waals surface area contributed by atoms with Crippen LogP contribution >= 0.6 is 15.9 Å². The van der Waals surface area contributed by atoms with E-state index in [1.165, 1.54) is 30.5 Å². The molecular weight excluding hydrogens is 602 g/mol. The predicted molar refractivity (Wildman–Crippen MR) is 167 cm³/mol. The van der Waals surface area contributed by atoms with Gasteiger partial charge in [0, 0.05) is 41.9 Å². The lowest BCUT2D eigenvalue weighted by Crippen LogP contribution is -2.40. The Morgan fingerprint density at radius 2 is 1.61 bits per heavy atom. The number of hydrogen-bond acceptors (Lipinski definition) is 6. The highest BCUT2D eigenvalue weighted by Gasteiger charge is 2.52. The van der Waals surface area contributed by atoms with Crippen molar-refractivity contribution in [1.29, 1.82) is 0 Å². The Labute approximate surface area is 251 Å². The second-order valence-corrected chi connectivity index (χ2v) is 15.0. The van der Waals surface area contributed by atoms with Crippen LogP contribution in [0.3, 0.4) is 0 Å². The van der Waals surface area contributed by atoms with Gasteiger partial charge in [-0.25, -0.2) is 8.42 Å². The van der Waals surface area contributed by atoms with Gasteiger partial charge in [-0.2, -0.15) is 0 Å². The van der Waals surface area contributed by atoms with Crippen molar-refractivity contribution >= 4 is 43.0 Å². The number of piperidine rings is 1. The molecule has 0 bridgehead atoms. The molecule has 1 saturated carbocycles. The third kappa shape index (κ3) is 5.80. The van der Waals surface area contributed by atoms with Gasteiger partial charge in [0.15, 0.2) is 9.84 Å². The van der Waals surface area contributed by atoms with Crippen molar-refractivity contribution in [3.63, 3.8) is 0 Å². The number of aryl methyl sites for hydroxylation is 2. The Hall–Kier alpha value is -2.78. The average Bonchev–Trinajstić information content (AvgIpc) is 3.67. The number of anilines is 2. The summed E-state index contributed by atoms with van der Waals surface area (Å²) in [5.74, 6) is 1.90. The van der Waals surface area contributed by atoms with Crippen molar-refractivity contribution in [3.8, 4) is 0 Å². The molecular formula is C32H38BrN3O4S. The van der Waals surface area contributed by atoms with E-state index in [9.17, 15) is 13.2 Å². The second kappa shape index (κ2) is 11.1. The van der Waals surface area contributed by atoms with Crippen molar-refractivity contribution in [3.05, 3.63) is 81.2 Å². The third-order valence-electron chi connectivity index (χ3n) is 8.88. The molecule has 7 nitrogen and oxygen atoms in total. The fraction of sp³-hybridized carbons (Fsp3) is 0.469. The number of amides is 1. The molecule has 41 heavy (non-hydrogen) atoms. The summed E-state index contributed by atoms with van der Waals surface area (Å²) >= 11 is 3.72. The zero-order valence-electron chi connectivity index (χ0n) is 23.8. The van der Waals surface area contributed by atoms with Gasteiger partial charge in [-0.1, -0.05) is 18.2 Å². The fourth-order valence-electron chi connectivity index (χ4n) is 6.27. The van der Waals surface area contributed by atoms with Crippen LogP contribution in [0.5, 0.6) is 0 Å². The summed E-state index contributed by atoms with van der Waals surface area (Å²) in [6.45, 7) is 7.04. The summed E-state index contributed by atoms with van der Waals surface area (Å²) in [5, 5.41) is 3.42. The minimum atomic E-state index is -2.96. The smallest absolute Gasteiger partial charge is 0.231 e. The van der Waals surface area contributed by atoms with Crippen LogP contribution in [0.1, 0.15) is 66.4 Å². The first-order chi connectivity index (χ1) is 19.6. The van der Waals surface area contributed by atoms with Crippen LogP contribution in [0, 0.1) is 13.8 Å². The number of nitrogens with one attached hydrogen (secondary N) is 1. The standard InChI is InChI=1S/C32H38BrN3O4S/c1-22-6-9-25(28(20-22)35-14-4-3-5-15-35)30(29-11-7-23(2)40-29)34-31(37)32(12-13-32)24-8-10-27(26(33)21-24)36-16-18-41(38,39)19-17-36/h6-11,20-21,30H,3-5,12-19H2,1-2H3,(H,34,37). The Kier molecular flexibility index (Phi) is 7.70. The maximum Gasteiger partial charge on any atom is 0.231 e. The van der Waals surface area contributed by atoms with Gasteiger partial charge in [0.05, 0.1) is 22.6 Å². The average molecular weight is 641 g/mol. The molecule has 1 unspecified atom stereocenters. The number of hydrogen-bond donors (Lipinski definition) is 1. The van der Waals surface area contributed by atoms with E-state index >= 15 is 0 Å². The van der Waals surface area contributed by atoms with E-state index in [4.69, 9.17) is 4.42 Å². The molecule has 1 aliphatic carbocycles.